The molecule has 3 aromatic carbocycles. The van der Waals surface area contributed by atoms with Crippen LogP contribution in [0, 0.1) is 23.2 Å². The summed E-state index contributed by atoms with van der Waals surface area (Å²) in [4.78, 5) is 93.0. The van der Waals surface area contributed by atoms with E-state index < -0.39 is 82.3 Å². The molecular weight excluding hydrogens is 1380 g/mol. The summed E-state index contributed by atoms with van der Waals surface area (Å²) >= 11 is 1.41. The zero-order chi connectivity index (χ0) is 74.0. The second-order valence-electron chi connectivity index (χ2n) is 30.0. The Morgan fingerprint density at radius 1 is 0.856 bits per heavy atom. The fourth-order valence-electron chi connectivity index (χ4n) is 17.7. The monoisotopic (exact) mass is 1480 g/mol. The van der Waals surface area contributed by atoms with E-state index in [4.69, 9.17) is 38.3 Å². The highest BCUT2D eigenvalue weighted by Crippen LogP contribution is 2.72. The zero-order valence-corrected chi connectivity index (χ0v) is 60.8. The quantitative estimate of drug-likeness (QED) is 0.0151. The number of ether oxygens (including phenoxy) is 5. The largest absolute Gasteiger partial charge is 0.479 e. The predicted octanol–water partition coefficient (Wildman–Crippen LogP) is 7.94. The normalized spacial score (nSPS) is 26.4. The molecule has 4 bridgehead atoms. The fraction of sp³-hybridized carbons (Fsp3) is 0.554. The highest BCUT2D eigenvalue weighted by atomic mass is 32.2. The Kier molecular flexibility index (Phi) is 22.6. The maximum absolute atomic E-state index is 13.9. The summed E-state index contributed by atoms with van der Waals surface area (Å²) in [7, 11) is -2.62. The van der Waals surface area contributed by atoms with Gasteiger partial charge in [-0.15, -0.1) is 0 Å². The van der Waals surface area contributed by atoms with Crippen molar-refractivity contribution in [2.24, 2.45) is 16.2 Å². The molecule has 0 spiro atoms. The van der Waals surface area contributed by atoms with Crippen LogP contribution >= 0.6 is 11.3 Å². The van der Waals surface area contributed by atoms with Gasteiger partial charge in [-0.1, -0.05) is 87.8 Å². The molecule has 6 fully saturated rings. The lowest BCUT2D eigenvalue weighted by Crippen LogP contribution is -2.64. The first kappa shape index (κ1) is 75.5. The first-order valence-electron chi connectivity index (χ1n) is 35.7. The third-order valence-corrected chi connectivity index (χ3v) is 23.1. The van der Waals surface area contributed by atoms with Gasteiger partial charge in [0.1, 0.15) is 42.5 Å². The Bertz CT molecular complexity index is 4270. The van der Waals surface area contributed by atoms with E-state index in [9.17, 15) is 62.7 Å². The van der Waals surface area contributed by atoms with Crippen LogP contribution in [0.5, 0.6) is 5.75 Å². The van der Waals surface area contributed by atoms with Gasteiger partial charge in [-0.2, -0.15) is 13.5 Å². The van der Waals surface area contributed by atoms with E-state index in [1.54, 1.807) is 49.3 Å². The van der Waals surface area contributed by atoms with Gasteiger partial charge in [-0.05, 0) is 147 Å². The van der Waals surface area contributed by atoms with E-state index in [2.05, 4.69) is 29.5 Å². The number of aliphatic carboxylic acids is 1. The van der Waals surface area contributed by atoms with Gasteiger partial charge in [0, 0.05) is 74.1 Å². The van der Waals surface area contributed by atoms with Gasteiger partial charge in [-0.3, -0.25) is 28.9 Å². The number of carbonyl (C=O) groups excluding carboxylic acids is 4. The molecule has 6 aromatic rings. The van der Waals surface area contributed by atoms with Crippen LogP contribution in [0.4, 0.5) is 15.7 Å². The van der Waals surface area contributed by atoms with E-state index in [1.165, 1.54) is 16.2 Å². The van der Waals surface area contributed by atoms with Crippen molar-refractivity contribution < 1.29 is 91.0 Å². The second-order valence-corrected chi connectivity index (χ2v) is 32.6. The lowest BCUT2D eigenvalue weighted by Gasteiger charge is -2.69. The number of aromatic carboxylic acids is 1. The van der Waals surface area contributed by atoms with Gasteiger partial charge >= 0.3 is 18.0 Å². The first-order valence-corrected chi connectivity index (χ1v) is 38.1. The standard InChI is InChI=1S/C74H93N9O19S2/c1-6-58(84)76-54-32-48(36-98-29-30-104(95,96)97)82(65(54)89)25-13-9-7-8-10-15-45-20-21-47(55(31-45)101-68-62(87)60(85)61(86)63(102-68)67(92)93)35-99-70(94)80(5)27-28-100-74-40-71(3)37-72(4,41-74)39-73(38-71,42-74)43-83-44(2)51(33-75-83)49-22-23-57(78-59(49)66(90)91)81-26-24-46-16-14-17-50(52(46)34-81)64(88)79-69-77-53-18-11-12-19-56(53)103-69/h11-12,14,16-23,31,33,48,54,60-63,68,85-87H,6-10,13,15,24-30,32,34-43H2,1-5H3,(H,76,84)(H,90,91)(H,92,93)(H,77,79,88)(H,95,96,97)/t48-,54+,60-,61-,62+,63-,68+,71?,72?,73?,74?/m0/s1. The van der Waals surface area contributed by atoms with E-state index >= 15 is 0 Å². The Hall–Kier alpha value is -8.20. The average Bonchev–Trinajstić information content (AvgIpc) is 0.728. The van der Waals surface area contributed by atoms with E-state index in [1.807, 2.05) is 65.0 Å². The Morgan fingerprint density at radius 2 is 1.62 bits per heavy atom. The van der Waals surface area contributed by atoms with Crippen LogP contribution < -0.4 is 20.3 Å². The number of hydrogen-bond donors (Lipinski definition) is 8. The van der Waals surface area contributed by atoms with Crippen molar-refractivity contribution in [3.8, 4) is 16.9 Å². The van der Waals surface area contributed by atoms with Crippen LogP contribution in [-0.4, -0.2) is 204 Å². The molecule has 560 valence electrons. The smallest absolute Gasteiger partial charge is 0.409 e. The highest BCUT2D eigenvalue weighted by molar-refractivity contribution is 7.85. The van der Waals surface area contributed by atoms with Gasteiger partial charge in [0.25, 0.3) is 16.0 Å². The van der Waals surface area contributed by atoms with Crippen LogP contribution in [0.3, 0.4) is 0 Å². The summed E-state index contributed by atoms with van der Waals surface area (Å²) in [6, 6.07) is 21.1. The number of carboxylic acids is 2. The molecule has 7 aliphatic rings. The fourth-order valence-corrected chi connectivity index (χ4v) is 18.9. The number of aliphatic hydroxyl groups excluding tert-OH is 3. The van der Waals surface area contributed by atoms with Crippen molar-refractivity contribution in [3.05, 3.63) is 118 Å². The SMILES string of the molecule is CCC(=O)N[C@@H]1C[C@@H](COCCS(=O)(=O)O)N(CCCCCCCc2ccc(COC(=O)N(C)CCOC34CC5(C)CC(C)(CC(Cn6ncc(-c7ccc(N8CCc9cccc(C(=O)Nc%10nc%11ccccc%11s%10)c9C8)nc7C(=O)O)c6C)(C5)C3)C4)c(O[C@@H]3O[C@H](C(=O)O)[C@@H](O)[C@H](O)[C@H]3O)c2)C1=O. The molecule has 13 rings (SSSR count). The van der Waals surface area contributed by atoms with Crippen LogP contribution in [-0.2, 0) is 76.0 Å². The number of unbranched alkanes of at least 4 members (excludes halogenated alkanes) is 4. The van der Waals surface area contributed by atoms with E-state index in [0.717, 1.165) is 90.4 Å². The molecule has 3 aromatic heterocycles. The van der Waals surface area contributed by atoms with Gasteiger partial charge in [0.15, 0.2) is 16.9 Å². The molecule has 4 aliphatic carbocycles. The number of rotatable bonds is 31. The molecule has 2 saturated heterocycles. The summed E-state index contributed by atoms with van der Waals surface area (Å²) in [5, 5.41) is 63.8. The van der Waals surface area contributed by atoms with Crippen molar-refractivity contribution in [2.45, 2.75) is 192 Å². The molecule has 4 amide bonds. The maximum Gasteiger partial charge on any atom is 0.409 e. The number of likely N-dealkylation sites (N-methyl/N-ethyl adjacent to an activating group) is 1. The molecule has 9 atom stereocenters. The Morgan fingerprint density at radius 3 is 2.36 bits per heavy atom. The maximum atomic E-state index is 13.9. The third-order valence-electron chi connectivity index (χ3n) is 21.5. The minimum Gasteiger partial charge on any atom is -0.479 e. The predicted molar refractivity (Wildman–Crippen MR) is 382 cm³/mol. The number of thiazole rings is 1. The molecule has 4 saturated carbocycles. The number of amides is 4. The van der Waals surface area contributed by atoms with Gasteiger partial charge in [0.05, 0.1) is 53.6 Å². The van der Waals surface area contributed by atoms with Crippen molar-refractivity contribution >= 4 is 78.4 Å². The number of carbonyl (C=O) groups is 6. The number of likely N-dealkylation sites (tertiary alicyclic amines) is 1. The van der Waals surface area contributed by atoms with Crippen molar-refractivity contribution in [3.63, 3.8) is 0 Å². The van der Waals surface area contributed by atoms with Gasteiger partial charge in [-0.25, -0.2) is 24.4 Å². The highest BCUT2D eigenvalue weighted by Gasteiger charge is 2.66. The number of nitrogens with zero attached hydrogens (tertiary/aromatic N) is 7. The number of anilines is 2. The Labute approximate surface area is 607 Å². The number of carboxylic acid groups (broad SMARTS) is 2. The van der Waals surface area contributed by atoms with E-state index in [0.29, 0.717) is 91.5 Å². The molecule has 28 nitrogen and oxygen atoms in total. The van der Waals surface area contributed by atoms with Crippen LogP contribution in [0.25, 0.3) is 21.3 Å². The molecular formula is C74H93N9O19S2. The number of aromatic nitrogens is 4. The average molecular weight is 1480 g/mol. The molecule has 8 N–H and O–H groups in total. The summed E-state index contributed by atoms with van der Waals surface area (Å²) in [5.41, 5.74) is 5.33. The number of aliphatic hydroxyl groups is 3. The lowest BCUT2D eigenvalue weighted by atomic mass is 9.39. The summed E-state index contributed by atoms with van der Waals surface area (Å²) in [6.45, 7) is 10.1. The molecule has 0 radical (unpaired) electrons. The third kappa shape index (κ3) is 17.0. The first-order chi connectivity index (χ1) is 49.5. The van der Waals surface area contributed by atoms with Crippen LogP contribution in [0.15, 0.2) is 79.0 Å². The van der Waals surface area contributed by atoms with Crippen molar-refractivity contribution in [1.82, 2.24) is 34.9 Å². The number of fused-ring (bicyclic) bond motifs is 2. The molecule has 6 heterocycles. The van der Waals surface area contributed by atoms with Crippen LogP contribution in [0.1, 0.15) is 153 Å². The number of hydrogen-bond acceptors (Lipinski definition) is 21. The van der Waals surface area contributed by atoms with Crippen molar-refractivity contribution in [1.29, 1.82) is 0 Å². The number of aryl methyl sites for hydroxylation is 1. The van der Waals surface area contributed by atoms with Crippen molar-refractivity contribution in [2.75, 3.05) is 62.5 Å². The summed E-state index contributed by atoms with van der Waals surface area (Å²) < 4.78 is 64.5. The molecule has 30 heteroatoms. The lowest BCUT2D eigenvalue weighted by molar-refractivity contribution is -0.271. The van der Waals surface area contributed by atoms with Gasteiger partial charge in [0.2, 0.25) is 18.1 Å². The zero-order valence-electron chi connectivity index (χ0n) is 59.2. The molecule has 104 heavy (non-hydrogen) atoms. The summed E-state index contributed by atoms with van der Waals surface area (Å²) in [6.07, 6.45) is 2.38. The Balaban J connectivity index is 0.657. The number of nitrogens with one attached hydrogen (secondary N) is 2. The summed E-state index contributed by atoms with van der Waals surface area (Å²) in [5.74, 6) is -3.57. The minimum atomic E-state index is -4.23. The minimum absolute atomic E-state index is 0.0366. The molecule has 2 unspecified atom stereocenters. The van der Waals surface area contributed by atoms with E-state index in [-0.39, 0.29) is 84.8 Å². The number of pyridine rings is 1. The number of para-hydroxylation sites is 1. The second kappa shape index (κ2) is 31.1. The topological polar surface area (TPSA) is 381 Å². The van der Waals surface area contributed by atoms with Crippen LogP contribution in [0.2, 0.25) is 0 Å². The number of benzene rings is 3. The molecule has 3 aliphatic heterocycles. The van der Waals surface area contributed by atoms with Gasteiger partial charge < -0.3 is 69.2 Å².